The van der Waals surface area contributed by atoms with Crippen molar-refractivity contribution in [3.05, 3.63) is 0 Å². The van der Waals surface area contributed by atoms with Crippen molar-refractivity contribution >= 4 is 18.3 Å². The second-order valence-corrected chi connectivity index (χ2v) is 2.05. The second-order valence-electron chi connectivity index (χ2n) is 2.05. The number of primary amides is 1. The molecule has 0 aromatic heterocycles. The van der Waals surface area contributed by atoms with Gasteiger partial charge in [-0.3, -0.25) is 4.79 Å². The van der Waals surface area contributed by atoms with Crippen molar-refractivity contribution in [3.63, 3.8) is 0 Å². The second kappa shape index (κ2) is 3.03. The third-order valence-electron chi connectivity index (χ3n) is 1.47. The lowest BCUT2D eigenvalue weighted by atomic mass is 9.99. The Labute approximate surface area is 60.0 Å². The SMILES string of the molecule is CC1OCC1C(N)=O.Cl. The van der Waals surface area contributed by atoms with Gasteiger partial charge in [-0.2, -0.15) is 0 Å². The quantitative estimate of drug-likeness (QED) is 0.571. The smallest absolute Gasteiger partial charge is 0.225 e. The minimum atomic E-state index is -0.247. The molecule has 2 unspecified atom stereocenters. The molecule has 1 rings (SSSR count). The number of ether oxygens (including phenoxy) is 1. The molecule has 1 aliphatic rings. The average molecular weight is 152 g/mol. The molecule has 0 bridgehead atoms. The lowest BCUT2D eigenvalue weighted by molar-refractivity contribution is -0.149. The predicted octanol–water partition coefficient (Wildman–Crippen LogP) is -0.0716. The maximum atomic E-state index is 10.3. The number of rotatable bonds is 1. The van der Waals surface area contributed by atoms with E-state index in [1.807, 2.05) is 6.92 Å². The summed E-state index contributed by atoms with van der Waals surface area (Å²) in [4.78, 5) is 10.3. The van der Waals surface area contributed by atoms with Gasteiger partial charge in [0, 0.05) is 0 Å². The molecule has 1 fully saturated rings. The number of amides is 1. The van der Waals surface area contributed by atoms with Crippen molar-refractivity contribution in [2.45, 2.75) is 13.0 Å². The molecule has 1 heterocycles. The molecule has 1 aliphatic heterocycles. The monoisotopic (exact) mass is 151 g/mol. The fourth-order valence-electron chi connectivity index (χ4n) is 0.698. The van der Waals surface area contributed by atoms with E-state index in [0.29, 0.717) is 6.61 Å². The molecule has 0 spiro atoms. The summed E-state index contributed by atoms with van der Waals surface area (Å²) in [5.41, 5.74) is 4.97. The van der Waals surface area contributed by atoms with Crippen molar-refractivity contribution < 1.29 is 9.53 Å². The minimum absolute atomic E-state index is 0. The van der Waals surface area contributed by atoms with E-state index < -0.39 is 0 Å². The first-order chi connectivity index (χ1) is 3.72. The summed E-state index contributed by atoms with van der Waals surface area (Å²) in [5, 5.41) is 0. The molecular formula is C5H10ClNO2. The van der Waals surface area contributed by atoms with Crippen LogP contribution in [0.1, 0.15) is 6.92 Å². The van der Waals surface area contributed by atoms with Crippen LogP contribution in [0.5, 0.6) is 0 Å². The lowest BCUT2D eigenvalue weighted by Crippen LogP contribution is -2.45. The maximum absolute atomic E-state index is 10.3. The zero-order valence-corrected chi connectivity index (χ0v) is 5.98. The van der Waals surface area contributed by atoms with Gasteiger partial charge in [0.2, 0.25) is 5.91 Å². The Hall–Kier alpha value is -0.280. The minimum Gasteiger partial charge on any atom is -0.377 e. The Morgan fingerprint density at radius 1 is 1.78 bits per heavy atom. The van der Waals surface area contributed by atoms with Crippen LogP contribution in [0, 0.1) is 5.92 Å². The molecule has 0 aromatic rings. The first-order valence-electron chi connectivity index (χ1n) is 2.62. The zero-order chi connectivity index (χ0) is 6.15. The Morgan fingerprint density at radius 2 is 2.33 bits per heavy atom. The standard InChI is InChI=1S/C5H9NO2.ClH/c1-3-4(2-8-3)5(6)7;/h3-4H,2H2,1H3,(H2,6,7);1H. The Balaban J connectivity index is 0.000000640. The molecule has 1 saturated heterocycles. The Kier molecular flexibility index (Phi) is 2.94. The average Bonchev–Trinajstić information content (AvgIpc) is 1.61. The summed E-state index contributed by atoms with van der Waals surface area (Å²) in [7, 11) is 0. The highest BCUT2D eigenvalue weighted by Gasteiger charge is 2.32. The van der Waals surface area contributed by atoms with Crippen LogP contribution in [0.4, 0.5) is 0 Å². The zero-order valence-electron chi connectivity index (χ0n) is 5.16. The molecule has 1 amide bonds. The summed E-state index contributed by atoms with van der Waals surface area (Å²) in [5.74, 6) is -0.279. The van der Waals surface area contributed by atoms with Gasteiger partial charge < -0.3 is 10.5 Å². The van der Waals surface area contributed by atoms with Gasteiger partial charge in [-0.25, -0.2) is 0 Å². The van der Waals surface area contributed by atoms with E-state index >= 15 is 0 Å². The number of nitrogens with two attached hydrogens (primary N) is 1. The summed E-state index contributed by atoms with van der Waals surface area (Å²) < 4.78 is 4.90. The van der Waals surface area contributed by atoms with Crippen molar-refractivity contribution in [3.8, 4) is 0 Å². The van der Waals surface area contributed by atoms with Crippen LogP contribution in [-0.4, -0.2) is 18.6 Å². The summed E-state index contributed by atoms with van der Waals surface area (Å²) in [6.07, 6.45) is 0.0486. The van der Waals surface area contributed by atoms with Crippen molar-refractivity contribution in [1.82, 2.24) is 0 Å². The first-order valence-corrected chi connectivity index (χ1v) is 2.62. The van der Waals surface area contributed by atoms with E-state index in [0.717, 1.165) is 0 Å². The molecule has 2 N–H and O–H groups in total. The highest BCUT2D eigenvalue weighted by atomic mass is 35.5. The Morgan fingerprint density at radius 3 is 2.33 bits per heavy atom. The predicted molar refractivity (Wildman–Crippen MR) is 35.3 cm³/mol. The highest BCUT2D eigenvalue weighted by Crippen LogP contribution is 2.18. The van der Waals surface area contributed by atoms with E-state index in [1.165, 1.54) is 0 Å². The van der Waals surface area contributed by atoms with Crippen LogP contribution in [0.25, 0.3) is 0 Å². The van der Waals surface area contributed by atoms with Crippen molar-refractivity contribution in [2.75, 3.05) is 6.61 Å². The third kappa shape index (κ3) is 1.56. The number of carbonyl (C=O) groups is 1. The third-order valence-corrected chi connectivity index (χ3v) is 1.47. The molecule has 9 heavy (non-hydrogen) atoms. The van der Waals surface area contributed by atoms with Crippen LogP contribution in [0.2, 0.25) is 0 Å². The van der Waals surface area contributed by atoms with E-state index in [4.69, 9.17) is 10.5 Å². The molecule has 4 heteroatoms. The van der Waals surface area contributed by atoms with E-state index in [-0.39, 0.29) is 30.3 Å². The summed E-state index contributed by atoms with van der Waals surface area (Å²) >= 11 is 0. The fourth-order valence-corrected chi connectivity index (χ4v) is 0.698. The van der Waals surface area contributed by atoms with Crippen LogP contribution in [0.3, 0.4) is 0 Å². The van der Waals surface area contributed by atoms with Crippen molar-refractivity contribution in [2.24, 2.45) is 11.7 Å². The van der Waals surface area contributed by atoms with Gasteiger partial charge in [0.15, 0.2) is 0 Å². The van der Waals surface area contributed by atoms with Gasteiger partial charge in [0.05, 0.1) is 18.6 Å². The molecule has 3 nitrogen and oxygen atoms in total. The number of hydrogen-bond donors (Lipinski definition) is 1. The molecule has 0 radical (unpaired) electrons. The number of carbonyl (C=O) groups excluding carboxylic acids is 1. The van der Waals surface area contributed by atoms with Crippen LogP contribution in [0.15, 0.2) is 0 Å². The first kappa shape index (κ1) is 8.72. The normalized spacial score (nSPS) is 32.1. The Bertz CT molecular complexity index is 118. The molecule has 0 aliphatic carbocycles. The van der Waals surface area contributed by atoms with Gasteiger partial charge in [-0.15, -0.1) is 12.4 Å². The van der Waals surface area contributed by atoms with Gasteiger partial charge >= 0.3 is 0 Å². The van der Waals surface area contributed by atoms with Crippen molar-refractivity contribution in [1.29, 1.82) is 0 Å². The van der Waals surface area contributed by atoms with Gasteiger partial charge in [-0.05, 0) is 6.92 Å². The topological polar surface area (TPSA) is 52.3 Å². The molecule has 2 atom stereocenters. The molecule has 0 saturated carbocycles. The largest absolute Gasteiger partial charge is 0.377 e. The molecular weight excluding hydrogens is 142 g/mol. The maximum Gasteiger partial charge on any atom is 0.225 e. The van der Waals surface area contributed by atoms with Gasteiger partial charge in [0.25, 0.3) is 0 Å². The van der Waals surface area contributed by atoms with Crippen LogP contribution in [-0.2, 0) is 9.53 Å². The van der Waals surface area contributed by atoms with Gasteiger partial charge in [-0.1, -0.05) is 0 Å². The van der Waals surface area contributed by atoms with E-state index in [1.54, 1.807) is 0 Å². The molecule has 0 aromatic carbocycles. The van der Waals surface area contributed by atoms with Crippen LogP contribution >= 0.6 is 12.4 Å². The number of halogens is 1. The summed E-state index contributed by atoms with van der Waals surface area (Å²) in [6, 6.07) is 0. The fraction of sp³-hybridized carbons (Fsp3) is 0.800. The van der Waals surface area contributed by atoms with Gasteiger partial charge in [0.1, 0.15) is 0 Å². The molecule has 54 valence electrons. The highest BCUT2D eigenvalue weighted by molar-refractivity contribution is 5.85. The van der Waals surface area contributed by atoms with E-state index in [9.17, 15) is 4.79 Å². The van der Waals surface area contributed by atoms with Crippen LogP contribution < -0.4 is 5.73 Å². The number of hydrogen-bond acceptors (Lipinski definition) is 2. The lowest BCUT2D eigenvalue weighted by Gasteiger charge is -2.31. The van der Waals surface area contributed by atoms with E-state index in [2.05, 4.69) is 0 Å². The summed E-state index contributed by atoms with van der Waals surface area (Å²) in [6.45, 7) is 2.36.